The molecular formula is C37H45F4N5O8S. The van der Waals surface area contributed by atoms with Gasteiger partial charge >= 0.3 is 12.1 Å². The number of carbonyl (C=O) groups is 4. The van der Waals surface area contributed by atoms with Crippen LogP contribution in [0, 0.1) is 17.7 Å². The minimum absolute atomic E-state index is 0.0579. The Morgan fingerprint density at radius 2 is 1.82 bits per heavy atom. The van der Waals surface area contributed by atoms with Crippen LogP contribution in [0.1, 0.15) is 97.6 Å². The van der Waals surface area contributed by atoms with Crippen molar-refractivity contribution in [2.45, 2.75) is 126 Å². The van der Waals surface area contributed by atoms with Gasteiger partial charge in [-0.15, -0.1) is 0 Å². The number of carbonyl (C=O) groups excluding carboxylic acids is 4. The summed E-state index contributed by atoms with van der Waals surface area (Å²) < 4.78 is 95.9. The van der Waals surface area contributed by atoms with Crippen molar-refractivity contribution in [2.75, 3.05) is 6.54 Å². The highest BCUT2D eigenvalue weighted by Crippen LogP contribution is 2.48. The molecule has 4 aliphatic rings. The summed E-state index contributed by atoms with van der Waals surface area (Å²) in [6, 6.07) is 1.90. The van der Waals surface area contributed by atoms with Gasteiger partial charge in [-0.1, -0.05) is 31.1 Å². The molecule has 3 heterocycles. The van der Waals surface area contributed by atoms with E-state index in [0.29, 0.717) is 38.5 Å². The Kier molecular flexibility index (Phi) is 10.7. The van der Waals surface area contributed by atoms with Crippen LogP contribution in [0.25, 0.3) is 11.0 Å². The predicted molar refractivity (Wildman–Crippen MR) is 189 cm³/mol. The molecule has 0 bridgehead atoms. The number of sulfonamides is 1. The van der Waals surface area contributed by atoms with Crippen molar-refractivity contribution in [3.05, 3.63) is 41.9 Å². The Hall–Kier alpha value is -4.35. The van der Waals surface area contributed by atoms with Crippen LogP contribution >= 0.6 is 0 Å². The minimum Gasteiger partial charge on any atom is -0.471 e. The van der Waals surface area contributed by atoms with Crippen LogP contribution in [-0.4, -0.2) is 81.6 Å². The largest absolute Gasteiger partial charge is 0.471 e. The summed E-state index contributed by atoms with van der Waals surface area (Å²) in [5.74, 6) is -6.72. The number of nitrogens with one attached hydrogen (secondary N) is 2. The number of esters is 1. The lowest BCUT2D eigenvalue weighted by molar-refractivity contribution is -0.159. The Bertz CT molecular complexity index is 2020. The van der Waals surface area contributed by atoms with Gasteiger partial charge in [0.15, 0.2) is 5.82 Å². The summed E-state index contributed by atoms with van der Waals surface area (Å²) in [7, 11) is -4.10. The third-order valence-corrected chi connectivity index (χ3v) is 12.7. The molecule has 300 valence electrons. The van der Waals surface area contributed by atoms with E-state index < -0.39 is 109 Å². The van der Waals surface area contributed by atoms with Crippen molar-refractivity contribution >= 4 is 44.7 Å². The van der Waals surface area contributed by atoms with Crippen molar-refractivity contribution in [1.82, 2.24) is 24.9 Å². The van der Waals surface area contributed by atoms with Crippen molar-refractivity contribution < 1.29 is 54.6 Å². The van der Waals surface area contributed by atoms with Crippen LogP contribution in [0.4, 0.5) is 17.6 Å². The Balaban J connectivity index is 1.35. The molecule has 2 aromatic rings. The number of ether oxygens (including phenoxy) is 2. The minimum atomic E-state index is -5.08. The van der Waals surface area contributed by atoms with Gasteiger partial charge in [0.1, 0.15) is 28.8 Å². The van der Waals surface area contributed by atoms with Gasteiger partial charge in [-0.25, -0.2) is 22.8 Å². The van der Waals surface area contributed by atoms with Gasteiger partial charge in [-0.05, 0) is 78.4 Å². The van der Waals surface area contributed by atoms with E-state index in [4.69, 9.17) is 9.47 Å². The SMILES string of the molecule is CC(C)(C)OC(=O)C[C@H]1CCCCC/C=C\[C@@H]2C[C@@]2(C(=O)NS(=O)(=O)C2(C)CC2)NC(=O)[C@@H]2C[C@@H](Oc3nc4c(F)cccc4nc3C(F)(F)F)CN2C1=O. The first-order chi connectivity index (χ1) is 25.6. The molecule has 2 N–H and O–H groups in total. The Morgan fingerprint density at radius 3 is 2.49 bits per heavy atom. The first-order valence-corrected chi connectivity index (χ1v) is 19.9. The molecule has 0 spiro atoms. The zero-order chi connectivity index (χ0) is 40.1. The highest BCUT2D eigenvalue weighted by Gasteiger charge is 2.63. The molecule has 1 aromatic heterocycles. The first kappa shape index (κ1) is 40.3. The monoisotopic (exact) mass is 795 g/mol. The molecule has 6 rings (SSSR count). The summed E-state index contributed by atoms with van der Waals surface area (Å²) >= 11 is 0. The first-order valence-electron chi connectivity index (χ1n) is 18.4. The van der Waals surface area contributed by atoms with Gasteiger partial charge in [0.2, 0.25) is 33.4 Å². The number of para-hydroxylation sites is 1. The molecule has 3 fully saturated rings. The standard InChI is InChI=1S/C37H45F4N5O8S/c1-34(2,3)54-27(47)17-21-11-8-6-5-7-9-12-22-19-36(22,33(50)45-55(51,52)35(4)15-16-35)44-30(48)26-18-23(20-46(26)32(21)49)53-31-29(37(39,40)41)42-25-14-10-13-24(38)28(25)43-31/h9-10,12-14,21-23,26H,5-8,11,15-20H2,1-4H3,(H,44,48)(H,45,50)/b12-9-/t21-,22-,23-,26+,36-/m1/s1. The molecule has 2 aliphatic carbocycles. The van der Waals surface area contributed by atoms with Crippen LogP contribution in [-0.2, 0) is 40.1 Å². The summed E-state index contributed by atoms with van der Waals surface area (Å²) in [6.45, 7) is 6.08. The third kappa shape index (κ3) is 8.73. The number of allylic oxidation sites excluding steroid dienone is 1. The molecule has 1 aromatic carbocycles. The maximum Gasteiger partial charge on any atom is 0.438 e. The zero-order valence-corrected chi connectivity index (χ0v) is 31.8. The maximum atomic E-state index is 14.7. The van der Waals surface area contributed by atoms with Crippen molar-refractivity contribution in [3.8, 4) is 5.88 Å². The molecule has 1 saturated heterocycles. The quantitative estimate of drug-likeness (QED) is 0.224. The van der Waals surface area contributed by atoms with Crippen molar-refractivity contribution in [2.24, 2.45) is 11.8 Å². The number of nitrogens with zero attached hydrogens (tertiary/aromatic N) is 3. The Morgan fingerprint density at radius 1 is 1.09 bits per heavy atom. The number of halogens is 4. The van der Waals surface area contributed by atoms with Crippen molar-refractivity contribution in [1.29, 1.82) is 0 Å². The van der Waals surface area contributed by atoms with E-state index in [9.17, 15) is 45.2 Å². The van der Waals surface area contributed by atoms with Gasteiger partial charge in [0.25, 0.3) is 5.91 Å². The van der Waals surface area contributed by atoms with Gasteiger partial charge in [-0.3, -0.25) is 23.9 Å². The third-order valence-electron chi connectivity index (χ3n) is 10.6. The topological polar surface area (TPSA) is 174 Å². The number of fused-ring (bicyclic) bond motifs is 3. The molecule has 5 atom stereocenters. The average molecular weight is 796 g/mol. The smallest absolute Gasteiger partial charge is 0.438 e. The molecule has 2 aliphatic heterocycles. The highest BCUT2D eigenvalue weighted by atomic mass is 32.2. The zero-order valence-electron chi connectivity index (χ0n) is 31.0. The van der Waals surface area contributed by atoms with Crippen molar-refractivity contribution in [3.63, 3.8) is 0 Å². The lowest BCUT2D eigenvalue weighted by Crippen LogP contribution is -2.57. The normalized spacial score (nSPS) is 27.8. The number of benzene rings is 1. The van der Waals surface area contributed by atoms with Gasteiger partial charge in [-0.2, -0.15) is 13.2 Å². The second-order valence-corrected chi connectivity index (χ2v) is 18.4. The fourth-order valence-corrected chi connectivity index (χ4v) is 8.43. The van der Waals surface area contributed by atoms with E-state index in [1.54, 1.807) is 26.8 Å². The molecular weight excluding hydrogens is 750 g/mol. The number of hydrogen-bond acceptors (Lipinski definition) is 10. The molecule has 0 unspecified atom stereocenters. The highest BCUT2D eigenvalue weighted by molar-refractivity contribution is 7.91. The van der Waals surface area contributed by atoms with Crippen LogP contribution in [0.15, 0.2) is 30.4 Å². The summed E-state index contributed by atoms with van der Waals surface area (Å²) in [5.41, 5.74) is -4.95. The van der Waals surface area contributed by atoms with E-state index in [-0.39, 0.29) is 31.2 Å². The van der Waals surface area contributed by atoms with Crippen LogP contribution in [0.3, 0.4) is 0 Å². The molecule has 3 amide bonds. The maximum absolute atomic E-state index is 14.7. The second kappa shape index (κ2) is 14.6. The lowest BCUT2D eigenvalue weighted by Gasteiger charge is -2.30. The van der Waals surface area contributed by atoms with Crippen LogP contribution in [0.2, 0.25) is 0 Å². The fourth-order valence-electron chi connectivity index (χ4n) is 7.12. The number of alkyl halides is 3. The van der Waals surface area contributed by atoms with E-state index in [2.05, 4.69) is 20.0 Å². The van der Waals surface area contributed by atoms with E-state index in [0.717, 1.165) is 17.0 Å². The second-order valence-electron chi connectivity index (χ2n) is 16.2. The molecule has 18 heteroatoms. The summed E-state index contributed by atoms with van der Waals surface area (Å²) in [5, 5.41) is 2.70. The van der Waals surface area contributed by atoms with E-state index in [1.807, 2.05) is 6.08 Å². The number of rotatable bonds is 7. The molecule has 55 heavy (non-hydrogen) atoms. The van der Waals surface area contributed by atoms with E-state index in [1.165, 1.54) is 13.0 Å². The summed E-state index contributed by atoms with van der Waals surface area (Å²) in [4.78, 5) is 64.0. The molecule has 0 radical (unpaired) electrons. The molecule has 13 nitrogen and oxygen atoms in total. The number of aromatic nitrogens is 2. The lowest BCUT2D eigenvalue weighted by atomic mass is 9.95. The summed E-state index contributed by atoms with van der Waals surface area (Å²) in [6.07, 6.45) is -0.0234. The van der Waals surface area contributed by atoms with Gasteiger partial charge < -0.3 is 19.7 Å². The fraction of sp³-hybridized carbons (Fsp3) is 0.622. The average Bonchev–Trinajstić information content (AvgIpc) is 3.95. The number of hydrogen-bond donors (Lipinski definition) is 2. The molecule has 2 saturated carbocycles. The van der Waals surface area contributed by atoms with Gasteiger partial charge in [0.05, 0.1) is 23.2 Å². The van der Waals surface area contributed by atoms with Crippen LogP contribution in [0.5, 0.6) is 5.88 Å². The Labute approximate surface area is 316 Å². The van der Waals surface area contributed by atoms with E-state index >= 15 is 0 Å². The van der Waals surface area contributed by atoms with Crippen LogP contribution < -0.4 is 14.8 Å². The predicted octanol–water partition coefficient (Wildman–Crippen LogP) is 4.88. The number of amides is 3. The van der Waals surface area contributed by atoms with Gasteiger partial charge in [0, 0.05) is 18.3 Å².